The standard InChI is InChI=1S/C16H13F11O2/c1-2-29-9-5-3-8(4-6-9)10(28)7-11(17)12(18,19)14(22,23)16(26,27)15(24,25)13(11,20)21/h3-6,10,28H,2,7H2,1H3. The van der Waals surface area contributed by atoms with Crippen LogP contribution < -0.4 is 4.74 Å². The molecule has 0 spiro atoms. The Bertz CT molecular complexity index is 716. The summed E-state index contributed by atoms with van der Waals surface area (Å²) in [6, 6.07) is 3.79. The van der Waals surface area contributed by atoms with E-state index in [4.69, 9.17) is 4.74 Å². The predicted octanol–water partition coefficient (Wildman–Crippen LogP) is 5.41. The Labute approximate surface area is 156 Å². The topological polar surface area (TPSA) is 29.5 Å². The van der Waals surface area contributed by atoms with Crippen LogP contribution in [0.2, 0.25) is 0 Å². The molecule has 0 radical (unpaired) electrons. The molecule has 0 amide bonds. The van der Waals surface area contributed by atoms with E-state index < -0.39 is 53.4 Å². The monoisotopic (exact) mass is 446 g/mol. The lowest BCUT2D eigenvalue weighted by Gasteiger charge is -2.52. The maximum atomic E-state index is 14.6. The highest BCUT2D eigenvalue weighted by Crippen LogP contribution is 2.70. The Morgan fingerprint density at radius 1 is 0.724 bits per heavy atom. The van der Waals surface area contributed by atoms with Gasteiger partial charge >= 0.3 is 29.6 Å². The zero-order chi connectivity index (χ0) is 22.7. The molecule has 2 rings (SSSR count). The van der Waals surface area contributed by atoms with Crippen LogP contribution >= 0.6 is 0 Å². The Morgan fingerprint density at radius 3 is 1.48 bits per heavy atom. The van der Waals surface area contributed by atoms with Crippen LogP contribution in [0.25, 0.3) is 0 Å². The van der Waals surface area contributed by atoms with E-state index >= 15 is 0 Å². The van der Waals surface area contributed by atoms with Crippen LogP contribution in [-0.4, -0.2) is 47.0 Å². The first-order valence-corrected chi connectivity index (χ1v) is 7.91. The van der Waals surface area contributed by atoms with Gasteiger partial charge in [0, 0.05) is 6.42 Å². The van der Waals surface area contributed by atoms with E-state index in [1.165, 1.54) is 0 Å². The van der Waals surface area contributed by atoms with Gasteiger partial charge < -0.3 is 9.84 Å². The van der Waals surface area contributed by atoms with E-state index in [9.17, 15) is 53.4 Å². The molecule has 1 aromatic rings. The zero-order valence-electron chi connectivity index (χ0n) is 14.3. The molecule has 1 fully saturated rings. The lowest BCUT2D eigenvalue weighted by Crippen LogP contribution is -2.83. The third-order valence-corrected chi connectivity index (χ3v) is 4.62. The molecule has 0 saturated heterocycles. The van der Waals surface area contributed by atoms with Crippen molar-refractivity contribution in [3.63, 3.8) is 0 Å². The lowest BCUT2D eigenvalue weighted by atomic mass is 9.69. The maximum absolute atomic E-state index is 14.6. The first-order valence-electron chi connectivity index (χ1n) is 7.91. The van der Waals surface area contributed by atoms with Crippen molar-refractivity contribution < 1.29 is 58.1 Å². The summed E-state index contributed by atoms with van der Waals surface area (Å²) in [5.74, 6) is -35.4. The van der Waals surface area contributed by atoms with Gasteiger partial charge in [-0.1, -0.05) is 12.1 Å². The van der Waals surface area contributed by atoms with E-state index in [0.717, 1.165) is 24.3 Å². The maximum Gasteiger partial charge on any atom is 0.384 e. The molecule has 0 bridgehead atoms. The molecule has 1 N–H and O–H groups in total. The Balaban J connectivity index is 2.53. The van der Waals surface area contributed by atoms with Crippen LogP contribution in [-0.2, 0) is 0 Å². The number of hydrogen-bond acceptors (Lipinski definition) is 2. The summed E-state index contributed by atoms with van der Waals surface area (Å²) in [7, 11) is 0. The minimum absolute atomic E-state index is 0.129. The Morgan fingerprint density at radius 2 is 1.10 bits per heavy atom. The molecule has 29 heavy (non-hydrogen) atoms. The van der Waals surface area contributed by atoms with Gasteiger partial charge in [-0.2, -0.15) is 43.9 Å². The highest BCUT2D eigenvalue weighted by molar-refractivity contribution is 5.31. The molecule has 0 heterocycles. The normalized spacial score (nSPS) is 26.5. The van der Waals surface area contributed by atoms with Crippen molar-refractivity contribution in [1.29, 1.82) is 0 Å². The van der Waals surface area contributed by atoms with Gasteiger partial charge in [0.2, 0.25) is 0 Å². The van der Waals surface area contributed by atoms with E-state index in [1.807, 2.05) is 0 Å². The summed E-state index contributed by atoms with van der Waals surface area (Å²) >= 11 is 0. The minimum atomic E-state index is -7.27. The first kappa shape index (κ1) is 23.5. The van der Waals surface area contributed by atoms with Gasteiger partial charge in [-0.15, -0.1) is 0 Å². The van der Waals surface area contributed by atoms with Gasteiger partial charge in [0.05, 0.1) is 12.7 Å². The smallest absolute Gasteiger partial charge is 0.384 e. The molecule has 1 aliphatic carbocycles. The van der Waals surface area contributed by atoms with Crippen LogP contribution in [0, 0.1) is 0 Å². The number of ether oxygens (including phenoxy) is 1. The molecule has 2 nitrogen and oxygen atoms in total. The third kappa shape index (κ3) is 2.79. The van der Waals surface area contributed by atoms with E-state index in [2.05, 4.69) is 0 Å². The summed E-state index contributed by atoms with van der Waals surface area (Å²) in [5.41, 5.74) is -6.83. The second kappa shape index (κ2) is 6.61. The third-order valence-electron chi connectivity index (χ3n) is 4.62. The van der Waals surface area contributed by atoms with Gasteiger partial charge in [0.15, 0.2) is 0 Å². The fraction of sp³-hybridized carbons (Fsp3) is 0.625. The number of benzene rings is 1. The fourth-order valence-corrected chi connectivity index (χ4v) is 2.88. The van der Waals surface area contributed by atoms with Crippen LogP contribution in [0.3, 0.4) is 0 Å². The van der Waals surface area contributed by atoms with Gasteiger partial charge in [-0.3, -0.25) is 0 Å². The van der Waals surface area contributed by atoms with Crippen LogP contribution in [0.4, 0.5) is 48.3 Å². The van der Waals surface area contributed by atoms with E-state index in [-0.39, 0.29) is 12.4 Å². The van der Waals surface area contributed by atoms with Crippen LogP contribution in [0.15, 0.2) is 24.3 Å². The average Bonchev–Trinajstić information content (AvgIpc) is 2.60. The first-order chi connectivity index (χ1) is 12.9. The van der Waals surface area contributed by atoms with Crippen molar-refractivity contribution in [1.82, 2.24) is 0 Å². The number of hydrogen-bond donors (Lipinski definition) is 1. The molecular formula is C16H13F11O2. The molecular weight excluding hydrogens is 433 g/mol. The van der Waals surface area contributed by atoms with Gasteiger partial charge in [-0.25, -0.2) is 4.39 Å². The second-order valence-electron chi connectivity index (χ2n) is 6.40. The molecule has 1 atom stereocenters. The Hall–Kier alpha value is -1.79. The fourth-order valence-electron chi connectivity index (χ4n) is 2.88. The minimum Gasteiger partial charge on any atom is -0.494 e. The average molecular weight is 446 g/mol. The van der Waals surface area contributed by atoms with Gasteiger partial charge in [0.25, 0.3) is 5.67 Å². The summed E-state index contributed by atoms with van der Waals surface area (Å²) in [6.45, 7) is 1.73. The summed E-state index contributed by atoms with van der Waals surface area (Å²) in [6.07, 6.45) is -5.46. The SMILES string of the molecule is CCOc1ccc(C(O)CC2(F)C(F)(F)C(F)(F)C(F)(F)C(F)(F)C2(F)F)cc1. The van der Waals surface area contributed by atoms with E-state index in [0.29, 0.717) is 0 Å². The Kier molecular flexibility index (Phi) is 5.35. The molecule has 0 aromatic heterocycles. The van der Waals surface area contributed by atoms with Gasteiger partial charge in [-0.05, 0) is 24.6 Å². The van der Waals surface area contributed by atoms with E-state index in [1.54, 1.807) is 6.92 Å². The van der Waals surface area contributed by atoms with Crippen molar-refractivity contribution >= 4 is 0 Å². The second-order valence-corrected chi connectivity index (χ2v) is 6.40. The lowest BCUT2D eigenvalue weighted by molar-refractivity contribution is -0.487. The molecule has 1 aromatic carbocycles. The summed E-state index contributed by atoms with van der Waals surface area (Å²) < 4.78 is 155. The van der Waals surface area contributed by atoms with Crippen LogP contribution in [0.5, 0.6) is 5.75 Å². The molecule has 13 heteroatoms. The van der Waals surface area contributed by atoms with Crippen LogP contribution in [0.1, 0.15) is 25.0 Å². The number of halogens is 11. The van der Waals surface area contributed by atoms with Crippen molar-refractivity contribution in [2.24, 2.45) is 0 Å². The van der Waals surface area contributed by atoms with Crippen molar-refractivity contribution in [2.45, 2.75) is 54.7 Å². The number of aliphatic hydroxyl groups excluding tert-OH is 1. The molecule has 0 aliphatic heterocycles. The highest BCUT2D eigenvalue weighted by Gasteiger charge is 3.00. The molecule has 166 valence electrons. The number of rotatable bonds is 5. The predicted molar refractivity (Wildman–Crippen MR) is 75.8 cm³/mol. The summed E-state index contributed by atoms with van der Waals surface area (Å²) in [5, 5.41) is 9.77. The molecule has 1 saturated carbocycles. The van der Waals surface area contributed by atoms with Gasteiger partial charge in [0.1, 0.15) is 5.75 Å². The number of aliphatic hydroxyl groups is 1. The molecule has 1 unspecified atom stereocenters. The van der Waals surface area contributed by atoms with Crippen molar-refractivity contribution in [2.75, 3.05) is 6.61 Å². The zero-order valence-corrected chi connectivity index (χ0v) is 14.3. The van der Waals surface area contributed by atoms with Crippen molar-refractivity contribution in [3.8, 4) is 5.75 Å². The quantitative estimate of drug-likeness (QED) is 0.614. The number of alkyl halides is 11. The summed E-state index contributed by atoms with van der Waals surface area (Å²) in [4.78, 5) is 0. The molecule has 1 aliphatic rings. The largest absolute Gasteiger partial charge is 0.494 e. The van der Waals surface area contributed by atoms with Crippen molar-refractivity contribution in [3.05, 3.63) is 29.8 Å². The highest BCUT2D eigenvalue weighted by atomic mass is 19.4.